The molecule has 0 spiro atoms. The first-order valence-corrected chi connectivity index (χ1v) is 7.44. The maximum Gasteiger partial charge on any atom is 0.251 e. The summed E-state index contributed by atoms with van der Waals surface area (Å²) in [5.74, 6) is 1.23. The van der Waals surface area contributed by atoms with Gasteiger partial charge in [-0.1, -0.05) is 30.3 Å². The second-order valence-corrected chi connectivity index (χ2v) is 5.29. The first-order valence-electron chi connectivity index (χ1n) is 7.44. The predicted molar refractivity (Wildman–Crippen MR) is 84.4 cm³/mol. The number of amides is 1. The number of fused-ring (bicyclic) bond motifs is 1. The number of hydrogen-bond acceptors (Lipinski definition) is 3. The van der Waals surface area contributed by atoms with Crippen LogP contribution in [0.1, 0.15) is 27.9 Å². The number of rotatable bonds is 4. The Balaban J connectivity index is 1.87. The Morgan fingerprint density at radius 1 is 1.14 bits per heavy atom. The van der Waals surface area contributed by atoms with Crippen molar-refractivity contribution in [3.05, 3.63) is 59.2 Å². The molecule has 2 aromatic carbocycles. The summed E-state index contributed by atoms with van der Waals surface area (Å²) in [7, 11) is 1.59. The number of benzene rings is 2. The normalized spacial score (nSPS) is 13.8. The van der Waals surface area contributed by atoms with E-state index in [-0.39, 0.29) is 5.91 Å². The van der Waals surface area contributed by atoms with Crippen molar-refractivity contribution in [3.63, 3.8) is 0 Å². The smallest absolute Gasteiger partial charge is 0.251 e. The molecule has 1 N–H and O–H groups in total. The summed E-state index contributed by atoms with van der Waals surface area (Å²) < 4.78 is 11.3. The molecule has 0 aliphatic carbocycles. The Labute approximate surface area is 130 Å². The highest BCUT2D eigenvalue weighted by Crippen LogP contribution is 2.32. The molecule has 4 heteroatoms. The van der Waals surface area contributed by atoms with E-state index in [0.29, 0.717) is 30.2 Å². The van der Waals surface area contributed by atoms with Crippen molar-refractivity contribution < 1.29 is 14.3 Å². The lowest BCUT2D eigenvalue weighted by molar-refractivity contribution is 0.0955. The van der Waals surface area contributed by atoms with Crippen LogP contribution in [0.3, 0.4) is 0 Å². The van der Waals surface area contributed by atoms with Gasteiger partial charge in [-0.3, -0.25) is 4.79 Å². The molecule has 3 rings (SSSR count). The molecule has 1 heterocycles. The summed E-state index contributed by atoms with van der Waals surface area (Å²) in [6.45, 7) is 1.18. The minimum Gasteiger partial charge on any atom is -0.493 e. The molecule has 0 radical (unpaired) electrons. The average molecular weight is 297 g/mol. The SMILES string of the molecule is COc1cc2c(cc1OCc1ccccc1)CCCNC2=O. The Morgan fingerprint density at radius 2 is 1.95 bits per heavy atom. The highest BCUT2D eigenvalue weighted by molar-refractivity contribution is 5.96. The summed E-state index contributed by atoms with van der Waals surface area (Å²) in [5, 5.41) is 2.89. The highest BCUT2D eigenvalue weighted by atomic mass is 16.5. The van der Waals surface area contributed by atoms with Crippen LogP contribution in [0.25, 0.3) is 0 Å². The van der Waals surface area contributed by atoms with E-state index in [1.165, 1.54) is 0 Å². The van der Waals surface area contributed by atoms with Gasteiger partial charge in [0.25, 0.3) is 5.91 Å². The zero-order chi connectivity index (χ0) is 15.4. The van der Waals surface area contributed by atoms with Crippen molar-refractivity contribution >= 4 is 5.91 Å². The Hall–Kier alpha value is -2.49. The fourth-order valence-electron chi connectivity index (χ4n) is 2.60. The standard InChI is InChI=1S/C18H19NO3/c1-21-16-11-15-14(8-5-9-19-18(15)20)10-17(16)22-12-13-6-3-2-4-7-13/h2-4,6-7,10-11H,5,8-9,12H2,1H3,(H,19,20). The molecule has 0 saturated carbocycles. The van der Waals surface area contributed by atoms with Gasteiger partial charge < -0.3 is 14.8 Å². The minimum atomic E-state index is -0.0413. The molecule has 0 aromatic heterocycles. The van der Waals surface area contributed by atoms with Crippen molar-refractivity contribution in [2.45, 2.75) is 19.4 Å². The van der Waals surface area contributed by atoms with E-state index in [4.69, 9.17) is 9.47 Å². The van der Waals surface area contributed by atoms with E-state index >= 15 is 0 Å². The van der Waals surface area contributed by atoms with E-state index in [1.807, 2.05) is 36.4 Å². The molecule has 114 valence electrons. The molecule has 1 aliphatic rings. The molecule has 0 atom stereocenters. The van der Waals surface area contributed by atoms with Crippen LogP contribution in [0.5, 0.6) is 11.5 Å². The summed E-state index contributed by atoms with van der Waals surface area (Å²) in [5.41, 5.74) is 2.79. The van der Waals surface area contributed by atoms with Crippen molar-refractivity contribution in [2.24, 2.45) is 0 Å². The number of carbonyl (C=O) groups is 1. The van der Waals surface area contributed by atoms with Gasteiger partial charge in [0, 0.05) is 12.1 Å². The van der Waals surface area contributed by atoms with Crippen LogP contribution in [-0.2, 0) is 13.0 Å². The van der Waals surface area contributed by atoms with Gasteiger partial charge in [0.15, 0.2) is 11.5 Å². The average Bonchev–Trinajstić information content (AvgIpc) is 2.74. The van der Waals surface area contributed by atoms with Gasteiger partial charge >= 0.3 is 0 Å². The lowest BCUT2D eigenvalue weighted by Gasteiger charge is -2.14. The topological polar surface area (TPSA) is 47.6 Å². The van der Waals surface area contributed by atoms with Gasteiger partial charge in [-0.25, -0.2) is 0 Å². The van der Waals surface area contributed by atoms with Crippen LogP contribution in [0, 0.1) is 0 Å². The quantitative estimate of drug-likeness (QED) is 0.944. The van der Waals surface area contributed by atoms with Crippen molar-refractivity contribution in [1.82, 2.24) is 5.32 Å². The van der Waals surface area contributed by atoms with Gasteiger partial charge in [0.05, 0.1) is 7.11 Å². The largest absolute Gasteiger partial charge is 0.493 e. The molecule has 0 bridgehead atoms. The first kappa shape index (κ1) is 14.4. The summed E-state index contributed by atoms with van der Waals surface area (Å²) in [6, 6.07) is 13.7. The second-order valence-electron chi connectivity index (χ2n) is 5.29. The van der Waals surface area contributed by atoms with Crippen molar-refractivity contribution in [1.29, 1.82) is 0 Å². The third kappa shape index (κ3) is 3.06. The van der Waals surface area contributed by atoms with Gasteiger partial charge in [-0.05, 0) is 36.1 Å². The maximum atomic E-state index is 12.1. The van der Waals surface area contributed by atoms with Gasteiger partial charge in [0.2, 0.25) is 0 Å². The number of carbonyl (C=O) groups excluding carboxylic acids is 1. The summed E-state index contributed by atoms with van der Waals surface area (Å²) in [4.78, 5) is 12.1. The molecular weight excluding hydrogens is 278 g/mol. The molecule has 0 fully saturated rings. The van der Waals surface area contributed by atoms with Crippen molar-refractivity contribution in [3.8, 4) is 11.5 Å². The lowest BCUT2D eigenvalue weighted by atomic mass is 10.0. The molecule has 2 aromatic rings. The van der Waals surface area contributed by atoms with Crippen LogP contribution in [0.4, 0.5) is 0 Å². The number of ether oxygens (including phenoxy) is 2. The highest BCUT2D eigenvalue weighted by Gasteiger charge is 2.19. The number of methoxy groups -OCH3 is 1. The third-order valence-electron chi connectivity index (χ3n) is 3.78. The Morgan fingerprint density at radius 3 is 2.73 bits per heavy atom. The van der Waals surface area contributed by atoms with E-state index in [9.17, 15) is 4.79 Å². The fourth-order valence-corrected chi connectivity index (χ4v) is 2.60. The van der Waals surface area contributed by atoms with Crippen LogP contribution >= 0.6 is 0 Å². The zero-order valence-corrected chi connectivity index (χ0v) is 12.6. The Kier molecular flexibility index (Phi) is 4.28. The third-order valence-corrected chi connectivity index (χ3v) is 3.78. The van der Waals surface area contributed by atoms with Gasteiger partial charge in [-0.2, -0.15) is 0 Å². The summed E-state index contributed by atoms with van der Waals surface area (Å²) >= 11 is 0. The number of nitrogens with one attached hydrogen (secondary N) is 1. The van der Waals surface area contributed by atoms with Gasteiger partial charge in [0.1, 0.15) is 6.61 Å². The van der Waals surface area contributed by atoms with E-state index in [2.05, 4.69) is 5.32 Å². The zero-order valence-electron chi connectivity index (χ0n) is 12.6. The van der Waals surface area contributed by atoms with Crippen LogP contribution in [-0.4, -0.2) is 19.6 Å². The summed E-state index contributed by atoms with van der Waals surface area (Å²) in [6.07, 6.45) is 1.79. The van der Waals surface area contributed by atoms with Gasteiger partial charge in [-0.15, -0.1) is 0 Å². The molecule has 1 aliphatic heterocycles. The molecule has 4 nitrogen and oxygen atoms in total. The van der Waals surface area contributed by atoms with Crippen LogP contribution < -0.4 is 14.8 Å². The monoisotopic (exact) mass is 297 g/mol. The van der Waals surface area contributed by atoms with Crippen molar-refractivity contribution in [2.75, 3.05) is 13.7 Å². The first-order chi connectivity index (χ1) is 10.8. The molecular formula is C18H19NO3. The lowest BCUT2D eigenvalue weighted by Crippen LogP contribution is -2.22. The number of aryl methyl sites for hydroxylation is 1. The van der Waals surface area contributed by atoms with E-state index in [0.717, 1.165) is 24.0 Å². The molecule has 1 amide bonds. The minimum absolute atomic E-state index is 0.0413. The molecule has 22 heavy (non-hydrogen) atoms. The fraction of sp³-hybridized carbons (Fsp3) is 0.278. The second kappa shape index (κ2) is 6.52. The van der Waals surface area contributed by atoms with Crippen LogP contribution in [0.15, 0.2) is 42.5 Å². The molecule has 0 unspecified atom stereocenters. The van der Waals surface area contributed by atoms with E-state index in [1.54, 1.807) is 13.2 Å². The molecule has 0 saturated heterocycles. The number of hydrogen-bond donors (Lipinski definition) is 1. The van der Waals surface area contributed by atoms with Crippen LogP contribution in [0.2, 0.25) is 0 Å². The maximum absolute atomic E-state index is 12.1. The Bertz CT molecular complexity index is 668. The van der Waals surface area contributed by atoms with E-state index < -0.39 is 0 Å². The predicted octanol–water partition coefficient (Wildman–Crippen LogP) is 2.95.